The predicted octanol–water partition coefficient (Wildman–Crippen LogP) is 2.48. The smallest absolute Gasteiger partial charge is 0.317 e. The third-order valence-corrected chi connectivity index (χ3v) is 5.07. The number of hydrogen-bond acceptors (Lipinski definition) is 5. The van der Waals surface area contributed by atoms with Gasteiger partial charge in [-0.2, -0.15) is 0 Å². The van der Waals surface area contributed by atoms with Crippen LogP contribution in [0.3, 0.4) is 0 Å². The van der Waals surface area contributed by atoms with Gasteiger partial charge in [-0.3, -0.25) is 4.90 Å². The number of furan rings is 1. The van der Waals surface area contributed by atoms with Crippen LogP contribution in [0, 0.1) is 6.92 Å². The van der Waals surface area contributed by atoms with E-state index in [9.17, 15) is 4.79 Å². The van der Waals surface area contributed by atoms with Gasteiger partial charge in [-0.05, 0) is 25.8 Å². The van der Waals surface area contributed by atoms with Gasteiger partial charge >= 0.3 is 6.03 Å². The number of carbonyl (C=O) groups excluding carboxylic acids is 1. The highest BCUT2D eigenvalue weighted by Crippen LogP contribution is 2.30. The van der Waals surface area contributed by atoms with Crippen LogP contribution in [0.2, 0.25) is 0 Å². The Morgan fingerprint density at radius 1 is 1.36 bits per heavy atom. The molecule has 0 saturated carbocycles. The fraction of sp³-hybridized carbons (Fsp3) is 0.556. The molecular weight excluding hydrogens is 320 g/mol. The Bertz CT molecular complexity index is 730. The van der Waals surface area contributed by atoms with E-state index in [1.807, 2.05) is 24.0 Å². The molecule has 7 heteroatoms. The van der Waals surface area contributed by atoms with Crippen molar-refractivity contribution in [3.05, 3.63) is 41.2 Å². The number of carbonyl (C=O) groups is 1. The molecule has 0 aromatic carbocycles. The minimum Gasteiger partial charge on any atom is -0.469 e. The quantitative estimate of drug-likeness (QED) is 0.926. The summed E-state index contributed by atoms with van der Waals surface area (Å²) in [4.78, 5) is 16.8. The Labute approximate surface area is 146 Å². The molecule has 2 aliphatic rings. The molecule has 1 saturated heterocycles. The van der Waals surface area contributed by atoms with Crippen molar-refractivity contribution in [3.8, 4) is 0 Å². The molecule has 1 atom stereocenters. The average Bonchev–Trinajstić information content (AvgIpc) is 3.25. The van der Waals surface area contributed by atoms with Crippen molar-refractivity contribution >= 4 is 6.03 Å². The average molecular weight is 344 g/mol. The van der Waals surface area contributed by atoms with Crippen LogP contribution in [-0.2, 0) is 13.0 Å². The van der Waals surface area contributed by atoms with Crippen molar-refractivity contribution in [1.82, 2.24) is 20.3 Å². The fourth-order valence-corrected chi connectivity index (χ4v) is 3.70. The summed E-state index contributed by atoms with van der Waals surface area (Å²) in [5, 5.41) is 7.10. The number of nitrogens with one attached hydrogen (secondary N) is 1. The number of fused-ring (bicyclic) bond motifs is 1. The second-order valence-electron chi connectivity index (χ2n) is 6.89. The van der Waals surface area contributed by atoms with Crippen molar-refractivity contribution in [2.24, 2.45) is 0 Å². The topological polar surface area (TPSA) is 74.8 Å². The van der Waals surface area contributed by atoms with Crippen LogP contribution in [0.1, 0.15) is 41.7 Å². The van der Waals surface area contributed by atoms with E-state index in [-0.39, 0.29) is 12.1 Å². The van der Waals surface area contributed by atoms with Gasteiger partial charge in [-0.15, -0.1) is 0 Å². The highest BCUT2D eigenvalue weighted by molar-refractivity contribution is 5.75. The molecule has 25 heavy (non-hydrogen) atoms. The van der Waals surface area contributed by atoms with Gasteiger partial charge in [0.05, 0.1) is 24.5 Å². The highest BCUT2D eigenvalue weighted by Gasteiger charge is 2.27. The second kappa shape index (κ2) is 6.92. The maximum Gasteiger partial charge on any atom is 0.317 e. The summed E-state index contributed by atoms with van der Waals surface area (Å²) in [6.45, 7) is 5.81. The molecule has 2 aromatic heterocycles. The molecule has 2 amide bonds. The summed E-state index contributed by atoms with van der Waals surface area (Å²) >= 11 is 0. The number of aromatic nitrogens is 1. The predicted molar refractivity (Wildman–Crippen MR) is 91.0 cm³/mol. The van der Waals surface area contributed by atoms with Crippen LogP contribution in [-0.4, -0.2) is 47.2 Å². The lowest BCUT2D eigenvalue weighted by molar-refractivity contribution is 0.125. The number of rotatable bonds is 3. The number of nitrogens with zero attached hydrogens (tertiary/aromatic N) is 3. The first-order valence-corrected chi connectivity index (χ1v) is 8.95. The SMILES string of the molecule is Cc1cc(CN2CCN(C(=O)NC3CCCc4occc43)CC2)on1. The van der Waals surface area contributed by atoms with E-state index in [0.29, 0.717) is 0 Å². The largest absolute Gasteiger partial charge is 0.469 e. The Balaban J connectivity index is 1.29. The summed E-state index contributed by atoms with van der Waals surface area (Å²) in [5.74, 6) is 1.90. The first-order chi connectivity index (χ1) is 12.2. The molecule has 1 fully saturated rings. The van der Waals surface area contributed by atoms with Crippen molar-refractivity contribution in [2.45, 2.75) is 38.8 Å². The number of aryl methyl sites for hydroxylation is 2. The Morgan fingerprint density at radius 2 is 2.20 bits per heavy atom. The molecule has 134 valence electrons. The molecule has 1 aliphatic heterocycles. The summed E-state index contributed by atoms with van der Waals surface area (Å²) in [6.07, 6.45) is 4.71. The van der Waals surface area contributed by atoms with Gasteiger partial charge in [0.15, 0.2) is 5.76 Å². The van der Waals surface area contributed by atoms with Crippen LogP contribution in [0.25, 0.3) is 0 Å². The first kappa shape index (κ1) is 16.2. The van der Waals surface area contributed by atoms with Gasteiger partial charge in [-0.1, -0.05) is 5.16 Å². The van der Waals surface area contributed by atoms with Gasteiger partial charge in [0.1, 0.15) is 5.76 Å². The third-order valence-electron chi connectivity index (χ3n) is 5.07. The number of urea groups is 1. The number of amides is 2. The lowest BCUT2D eigenvalue weighted by atomic mass is 9.93. The zero-order valence-electron chi connectivity index (χ0n) is 14.5. The van der Waals surface area contributed by atoms with Crippen LogP contribution < -0.4 is 5.32 Å². The van der Waals surface area contributed by atoms with Crippen molar-refractivity contribution in [1.29, 1.82) is 0 Å². The summed E-state index contributed by atoms with van der Waals surface area (Å²) in [5.41, 5.74) is 2.04. The van der Waals surface area contributed by atoms with E-state index < -0.39 is 0 Å². The minimum absolute atomic E-state index is 0.0224. The molecule has 1 N–H and O–H groups in total. The molecule has 3 heterocycles. The zero-order chi connectivity index (χ0) is 17.2. The molecule has 0 radical (unpaired) electrons. The maximum absolute atomic E-state index is 12.6. The number of hydrogen-bond donors (Lipinski definition) is 1. The van der Waals surface area contributed by atoms with E-state index in [4.69, 9.17) is 8.94 Å². The van der Waals surface area contributed by atoms with Crippen LogP contribution in [0.4, 0.5) is 4.79 Å². The normalized spacial score (nSPS) is 21.2. The maximum atomic E-state index is 12.6. The summed E-state index contributed by atoms with van der Waals surface area (Å²) < 4.78 is 10.8. The third kappa shape index (κ3) is 3.56. The second-order valence-corrected chi connectivity index (χ2v) is 6.89. The molecule has 7 nitrogen and oxygen atoms in total. The molecule has 4 rings (SSSR count). The van der Waals surface area contributed by atoms with Crippen LogP contribution >= 0.6 is 0 Å². The van der Waals surface area contributed by atoms with Crippen molar-refractivity contribution in [2.75, 3.05) is 26.2 Å². The molecule has 1 aliphatic carbocycles. The molecule has 0 bridgehead atoms. The van der Waals surface area contributed by atoms with Gasteiger partial charge in [0.25, 0.3) is 0 Å². The lowest BCUT2D eigenvalue weighted by Crippen LogP contribution is -2.52. The highest BCUT2D eigenvalue weighted by atomic mass is 16.5. The fourth-order valence-electron chi connectivity index (χ4n) is 3.70. The van der Waals surface area contributed by atoms with Crippen molar-refractivity contribution < 1.29 is 13.7 Å². The number of piperazine rings is 1. The van der Waals surface area contributed by atoms with Crippen LogP contribution in [0.15, 0.2) is 27.3 Å². The van der Waals surface area contributed by atoms with E-state index in [2.05, 4.69) is 15.4 Å². The lowest BCUT2D eigenvalue weighted by Gasteiger charge is -2.35. The zero-order valence-corrected chi connectivity index (χ0v) is 14.5. The van der Waals surface area contributed by atoms with E-state index in [1.165, 1.54) is 0 Å². The summed E-state index contributed by atoms with van der Waals surface area (Å²) in [7, 11) is 0. The Morgan fingerprint density at radius 3 is 2.96 bits per heavy atom. The van der Waals surface area contributed by atoms with E-state index >= 15 is 0 Å². The molecule has 1 unspecified atom stereocenters. The van der Waals surface area contributed by atoms with Gasteiger partial charge in [-0.25, -0.2) is 4.79 Å². The summed E-state index contributed by atoms with van der Waals surface area (Å²) in [6, 6.07) is 4.04. The minimum atomic E-state index is 0.0224. The standard InChI is InChI=1S/C18H24N4O3/c1-13-11-14(25-20-13)12-21-6-8-22(9-7-21)18(23)19-16-3-2-4-17-15(16)5-10-24-17/h5,10-11,16H,2-4,6-9,12H2,1H3,(H,19,23). The molecular formula is C18H24N4O3. The monoisotopic (exact) mass is 344 g/mol. The van der Waals surface area contributed by atoms with Crippen LogP contribution in [0.5, 0.6) is 0 Å². The van der Waals surface area contributed by atoms with Crippen molar-refractivity contribution in [3.63, 3.8) is 0 Å². The van der Waals surface area contributed by atoms with Gasteiger partial charge in [0.2, 0.25) is 0 Å². The molecule has 2 aromatic rings. The van der Waals surface area contributed by atoms with Gasteiger partial charge < -0.3 is 19.2 Å². The van der Waals surface area contributed by atoms with E-state index in [1.54, 1.807) is 6.26 Å². The van der Waals surface area contributed by atoms with E-state index in [0.717, 1.165) is 74.8 Å². The molecule has 0 spiro atoms. The first-order valence-electron chi connectivity index (χ1n) is 8.95. The van der Waals surface area contributed by atoms with Gasteiger partial charge in [0, 0.05) is 44.2 Å². The Kier molecular flexibility index (Phi) is 4.48. The Hall–Kier alpha value is -2.28.